The molecule has 0 aromatic rings. The van der Waals surface area contributed by atoms with Crippen molar-refractivity contribution in [2.24, 2.45) is 0 Å². The van der Waals surface area contributed by atoms with Gasteiger partial charge in [0.15, 0.2) is 0 Å². The Hall–Kier alpha value is 0.200. The van der Waals surface area contributed by atoms with Gasteiger partial charge >= 0.3 is 66.4 Å². The molecule has 0 rings (SSSR count). The molecule has 52 valence electrons. The monoisotopic (exact) mass is 242 g/mol. The molecule has 0 bridgehead atoms. The maximum atomic E-state index is 9.77. The van der Waals surface area contributed by atoms with E-state index in [2.05, 4.69) is 6.92 Å². The van der Waals surface area contributed by atoms with Gasteiger partial charge in [0.2, 0.25) is 0 Å². The molecule has 9 heavy (non-hydrogen) atoms. The minimum absolute atomic E-state index is 0.0460. The zero-order chi connectivity index (χ0) is 6.95. The fourth-order valence-corrected chi connectivity index (χ4v) is 2.57. The van der Waals surface area contributed by atoms with Crippen LogP contribution in [-0.2, 0) is 4.79 Å². The van der Waals surface area contributed by atoms with Gasteiger partial charge in [0, 0.05) is 0 Å². The van der Waals surface area contributed by atoms with Crippen LogP contribution in [0, 0.1) is 0 Å². The van der Waals surface area contributed by atoms with E-state index in [9.17, 15) is 4.79 Å². The molecule has 0 amide bonds. The average molecular weight is 240 g/mol. The summed E-state index contributed by atoms with van der Waals surface area (Å²) in [5.74, 6) is 0. The molecule has 2 heteroatoms. The molecule has 0 saturated carbocycles. The third-order valence-electron chi connectivity index (χ3n) is 0.869. The average Bonchev–Trinajstić information content (AvgIpc) is 1.89. The number of carbonyl (C=O) groups excluding carboxylic acids is 1. The van der Waals surface area contributed by atoms with Crippen LogP contribution in [0.25, 0.3) is 0 Å². The van der Waals surface area contributed by atoms with Crippen LogP contribution in [0.3, 0.4) is 0 Å². The quantitative estimate of drug-likeness (QED) is 0.309. The first-order valence-corrected chi connectivity index (χ1v) is 6.13. The Morgan fingerprint density at radius 3 is 2.89 bits per heavy atom. The number of unbranched alkanes of at least 4 members (excludes halogenated alkanes) is 1. The van der Waals surface area contributed by atoms with Crippen molar-refractivity contribution in [2.75, 3.05) is 0 Å². The molecule has 0 heterocycles. The molecule has 0 unspecified atom stereocenters. The van der Waals surface area contributed by atoms with Gasteiger partial charge in [-0.2, -0.15) is 0 Å². The second kappa shape index (κ2) is 8.20. The van der Waals surface area contributed by atoms with Gasteiger partial charge in [0.1, 0.15) is 0 Å². The van der Waals surface area contributed by atoms with E-state index in [0.717, 1.165) is 6.29 Å². The molecule has 0 aliphatic rings. The number of hydrogen-bond acceptors (Lipinski definition) is 1. The van der Waals surface area contributed by atoms with Crippen molar-refractivity contribution in [1.29, 1.82) is 0 Å². The van der Waals surface area contributed by atoms with Crippen molar-refractivity contribution >= 4 is 27.2 Å². The number of carbonyl (C=O) groups is 1. The SMILES string of the molecule is CCCC[Te]/C=C\C=O. The molecule has 0 spiro atoms. The molecule has 1 nitrogen and oxygen atoms in total. The third kappa shape index (κ3) is 8.20. The van der Waals surface area contributed by atoms with E-state index >= 15 is 0 Å². The summed E-state index contributed by atoms with van der Waals surface area (Å²) < 4.78 is 3.39. The topological polar surface area (TPSA) is 17.1 Å². The number of rotatable bonds is 5. The summed E-state index contributed by atoms with van der Waals surface area (Å²) >= 11 is 0.0460. The summed E-state index contributed by atoms with van der Waals surface area (Å²) in [6, 6.07) is 0. The van der Waals surface area contributed by atoms with E-state index in [4.69, 9.17) is 0 Å². The summed E-state index contributed by atoms with van der Waals surface area (Å²) in [6.45, 7) is 2.19. The summed E-state index contributed by atoms with van der Waals surface area (Å²) in [4.78, 5) is 9.77. The van der Waals surface area contributed by atoms with Crippen LogP contribution in [0.1, 0.15) is 19.8 Å². The van der Waals surface area contributed by atoms with E-state index in [-0.39, 0.29) is 20.9 Å². The van der Waals surface area contributed by atoms with Crippen molar-refractivity contribution in [1.82, 2.24) is 0 Å². The van der Waals surface area contributed by atoms with E-state index in [0.29, 0.717) is 0 Å². The summed E-state index contributed by atoms with van der Waals surface area (Å²) in [5, 5.41) is 0. The predicted octanol–water partition coefficient (Wildman–Crippen LogP) is 1.62. The van der Waals surface area contributed by atoms with Crippen LogP contribution in [0.15, 0.2) is 10.2 Å². The van der Waals surface area contributed by atoms with Crippen LogP contribution in [0.4, 0.5) is 0 Å². The Kier molecular flexibility index (Phi) is 8.38. The number of aldehydes is 1. The van der Waals surface area contributed by atoms with Crippen molar-refractivity contribution in [3.63, 3.8) is 0 Å². The zero-order valence-corrected chi connectivity index (χ0v) is 8.00. The first-order valence-electron chi connectivity index (χ1n) is 3.13. The second-order valence-corrected chi connectivity index (χ2v) is 4.58. The fraction of sp³-hybridized carbons (Fsp3) is 0.571. The van der Waals surface area contributed by atoms with Gasteiger partial charge in [0.05, 0.1) is 0 Å². The van der Waals surface area contributed by atoms with Gasteiger partial charge in [-0.1, -0.05) is 0 Å². The molecule has 0 atom stereocenters. The van der Waals surface area contributed by atoms with E-state index in [1.807, 2.05) is 4.12 Å². The van der Waals surface area contributed by atoms with Crippen LogP contribution >= 0.6 is 0 Å². The van der Waals surface area contributed by atoms with Gasteiger partial charge in [-0.05, 0) is 0 Å². The van der Waals surface area contributed by atoms with Crippen molar-refractivity contribution in [3.05, 3.63) is 10.2 Å². The fourth-order valence-electron chi connectivity index (χ4n) is 0.383. The van der Waals surface area contributed by atoms with Crippen molar-refractivity contribution < 1.29 is 4.79 Å². The standard InChI is InChI=1S/C7H12OTe/c1-2-3-6-9-7-4-5-8/h4-5,7H,2-3,6H2,1H3/b7-4-. The molecule has 0 aliphatic heterocycles. The molecule has 0 aromatic carbocycles. The molecule has 0 aromatic heterocycles. The Morgan fingerprint density at radius 1 is 1.56 bits per heavy atom. The summed E-state index contributed by atoms with van der Waals surface area (Å²) in [6.07, 6.45) is 5.08. The minimum atomic E-state index is 0.0460. The molecule has 0 radical (unpaired) electrons. The van der Waals surface area contributed by atoms with Crippen LogP contribution in [0.5, 0.6) is 0 Å². The van der Waals surface area contributed by atoms with E-state index in [1.54, 1.807) is 6.08 Å². The molecule has 0 N–H and O–H groups in total. The molecule has 0 fully saturated rings. The van der Waals surface area contributed by atoms with Gasteiger partial charge in [-0.15, -0.1) is 0 Å². The van der Waals surface area contributed by atoms with E-state index < -0.39 is 0 Å². The molecular formula is C7H12OTe. The van der Waals surface area contributed by atoms with Gasteiger partial charge in [0.25, 0.3) is 0 Å². The Labute approximate surface area is 66.6 Å². The molecule has 0 saturated heterocycles. The van der Waals surface area contributed by atoms with Crippen molar-refractivity contribution in [3.8, 4) is 0 Å². The van der Waals surface area contributed by atoms with Crippen LogP contribution in [0.2, 0.25) is 4.47 Å². The Morgan fingerprint density at radius 2 is 2.33 bits per heavy atom. The zero-order valence-electron chi connectivity index (χ0n) is 5.67. The normalized spacial score (nSPS) is 10.3. The second-order valence-electron chi connectivity index (χ2n) is 1.69. The Balaban J connectivity index is 2.90. The maximum absolute atomic E-state index is 9.77. The predicted molar refractivity (Wildman–Crippen MR) is 40.7 cm³/mol. The van der Waals surface area contributed by atoms with Crippen LogP contribution in [-0.4, -0.2) is 27.2 Å². The first kappa shape index (κ1) is 9.20. The molecule has 0 aliphatic carbocycles. The van der Waals surface area contributed by atoms with Crippen LogP contribution < -0.4 is 0 Å². The van der Waals surface area contributed by atoms with Crippen molar-refractivity contribution in [2.45, 2.75) is 24.2 Å². The number of hydrogen-bond donors (Lipinski definition) is 0. The molecular weight excluding hydrogens is 228 g/mol. The number of allylic oxidation sites excluding steroid dienone is 1. The summed E-state index contributed by atoms with van der Waals surface area (Å²) in [5.41, 5.74) is 0. The van der Waals surface area contributed by atoms with Gasteiger partial charge in [-0.3, -0.25) is 0 Å². The Bertz CT molecular complexity index is 88.9. The van der Waals surface area contributed by atoms with Gasteiger partial charge in [-0.25, -0.2) is 0 Å². The summed E-state index contributed by atoms with van der Waals surface area (Å²) in [7, 11) is 0. The first-order chi connectivity index (χ1) is 4.41. The van der Waals surface area contributed by atoms with Gasteiger partial charge < -0.3 is 0 Å². The third-order valence-corrected chi connectivity index (χ3v) is 3.36. The van der Waals surface area contributed by atoms with E-state index in [1.165, 1.54) is 17.3 Å².